The first kappa shape index (κ1) is 15.7. The lowest BCUT2D eigenvalue weighted by molar-refractivity contribution is -0.141. The number of rotatable bonds is 6. The van der Waals surface area contributed by atoms with Gasteiger partial charge < -0.3 is 10.4 Å². The number of benzene rings is 1. The summed E-state index contributed by atoms with van der Waals surface area (Å²) in [5.74, 6) is -1.82. The summed E-state index contributed by atoms with van der Waals surface area (Å²) in [7, 11) is 0. The summed E-state index contributed by atoms with van der Waals surface area (Å²) in [4.78, 5) is 27.6. The van der Waals surface area contributed by atoms with Crippen molar-refractivity contribution in [1.29, 1.82) is 0 Å². The zero-order valence-corrected chi connectivity index (χ0v) is 12.3. The Hall–Kier alpha value is -2.69. The van der Waals surface area contributed by atoms with Gasteiger partial charge in [-0.05, 0) is 24.1 Å². The van der Waals surface area contributed by atoms with Gasteiger partial charge in [-0.3, -0.25) is 9.78 Å². The lowest BCUT2D eigenvalue weighted by Gasteiger charge is -2.18. The molecule has 5 heteroatoms. The van der Waals surface area contributed by atoms with Gasteiger partial charge in [0.1, 0.15) is 6.04 Å². The highest BCUT2D eigenvalue weighted by atomic mass is 16.4. The molecule has 2 rings (SSSR count). The summed E-state index contributed by atoms with van der Waals surface area (Å²) in [5, 5.41) is 11.9. The van der Waals surface area contributed by atoms with Crippen LogP contribution in [0.15, 0.2) is 54.9 Å². The second-order valence-corrected chi connectivity index (χ2v) is 5.10. The van der Waals surface area contributed by atoms with Crippen LogP contribution in [0.5, 0.6) is 0 Å². The first-order valence-electron chi connectivity index (χ1n) is 7.05. The number of carboxylic acids is 1. The molecule has 0 radical (unpaired) electrons. The van der Waals surface area contributed by atoms with E-state index in [1.54, 1.807) is 31.5 Å². The predicted molar refractivity (Wildman–Crippen MR) is 82.4 cm³/mol. The SMILES string of the molecule is C[C@H](C(=O)N[C@H](Cc1ccccc1)C(=O)O)c1cccnc1. The van der Waals surface area contributed by atoms with E-state index < -0.39 is 17.9 Å². The minimum Gasteiger partial charge on any atom is -0.480 e. The minimum absolute atomic E-state index is 0.252. The lowest BCUT2D eigenvalue weighted by atomic mass is 10.0. The fraction of sp³-hybridized carbons (Fsp3) is 0.235. The van der Waals surface area contributed by atoms with Gasteiger partial charge in [0.15, 0.2) is 0 Å². The molecule has 2 aromatic rings. The van der Waals surface area contributed by atoms with E-state index in [-0.39, 0.29) is 12.3 Å². The Bertz CT molecular complexity index is 629. The van der Waals surface area contributed by atoms with Crippen LogP contribution < -0.4 is 5.32 Å². The number of hydrogen-bond acceptors (Lipinski definition) is 3. The zero-order valence-electron chi connectivity index (χ0n) is 12.3. The van der Waals surface area contributed by atoms with Crippen molar-refractivity contribution in [3.63, 3.8) is 0 Å². The van der Waals surface area contributed by atoms with E-state index in [9.17, 15) is 14.7 Å². The van der Waals surface area contributed by atoms with E-state index in [0.29, 0.717) is 0 Å². The molecule has 0 aliphatic carbocycles. The van der Waals surface area contributed by atoms with E-state index >= 15 is 0 Å². The molecule has 0 saturated carbocycles. The number of hydrogen-bond donors (Lipinski definition) is 2. The molecule has 0 aliphatic rings. The smallest absolute Gasteiger partial charge is 0.326 e. The van der Waals surface area contributed by atoms with Gasteiger partial charge in [0.2, 0.25) is 5.91 Å². The van der Waals surface area contributed by atoms with Crippen molar-refractivity contribution < 1.29 is 14.7 Å². The van der Waals surface area contributed by atoms with Gasteiger partial charge in [0.05, 0.1) is 5.92 Å². The van der Waals surface area contributed by atoms with Crippen molar-refractivity contribution in [3.8, 4) is 0 Å². The Labute approximate surface area is 129 Å². The van der Waals surface area contributed by atoms with Gasteiger partial charge in [-0.25, -0.2) is 4.79 Å². The van der Waals surface area contributed by atoms with Crippen LogP contribution in [0.2, 0.25) is 0 Å². The van der Waals surface area contributed by atoms with Gasteiger partial charge in [0.25, 0.3) is 0 Å². The number of nitrogens with one attached hydrogen (secondary N) is 1. The predicted octanol–water partition coefficient (Wildman–Crippen LogP) is 2.00. The molecule has 22 heavy (non-hydrogen) atoms. The number of nitrogens with zero attached hydrogens (tertiary/aromatic N) is 1. The summed E-state index contributed by atoms with van der Waals surface area (Å²) < 4.78 is 0. The first-order chi connectivity index (χ1) is 10.6. The van der Waals surface area contributed by atoms with Crippen molar-refractivity contribution in [2.45, 2.75) is 25.3 Å². The second kappa shape index (κ2) is 7.36. The summed E-state index contributed by atoms with van der Waals surface area (Å²) in [6, 6.07) is 11.8. The fourth-order valence-corrected chi connectivity index (χ4v) is 2.13. The largest absolute Gasteiger partial charge is 0.480 e. The Morgan fingerprint density at radius 1 is 1.18 bits per heavy atom. The molecule has 0 fully saturated rings. The van der Waals surface area contributed by atoms with Crippen LogP contribution in [0, 0.1) is 0 Å². The Balaban J connectivity index is 2.04. The highest BCUT2D eigenvalue weighted by molar-refractivity contribution is 5.87. The van der Waals surface area contributed by atoms with Crippen molar-refractivity contribution in [3.05, 3.63) is 66.0 Å². The van der Waals surface area contributed by atoms with Gasteiger partial charge in [-0.1, -0.05) is 36.4 Å². The van der Waals surface area contributed by atoms with Crippen molar-refractivity contribution in [2.75, 3.05) is 0 Å². The number of aliphatic carboxylic acids is 1. The Kier molecular flexibility index (Phi) is 5.25. The third-order valence-corrected chi connectivity index (χ3v) is 3.47. The highest BCUT2D eigenvalue weighted by Crippen LogP contribution is 2.14. The minimum atomic E-state index is -1.05. The summed E-state index contributed by atoms with van der Waals surface area (Å²) in [5.41, 5.74) is 1.62. The maximum atomic E-state index is 12.2. The monoisotopic (exact) mass is 298 g/mol. The number of carboxylic acid groups (broad SMARTS) is 1. The molecule has 2 N–H and O–H groups in total. The normalized spacial score (nSPS) is 13.1. The Morgan fingerprint density at radius 3 is 2.50 bits per heavy atom. The molecule has 1 heterocycles. The molecule has 0 bridgehead atoms. The van der Waals surface area contributed by atoms with E-state index in [4.69, 9.17) is 0 Å². The van der Waals surface area contributed by atoms with Crippen molar-refractivity contribution in [2.24, 2.45) is 0 Å². The van der Waals surface area contributed by atoms with Crippen LogP contribution in [0.25, 0.3) is 0 Å². The second-order valence-electron chi connectivity index (χ2n) is 5.10. The number of aromatic nitrogens is 1. The number of carbonyl (C=O) groups is 2. The standard InChI is InChI=1S/C17H18N2O3/c1-12(14-8-5-9-18-11-14)16(20)19-15(17(21)22)10-13-6-3-2-4-7-13/h2-9,11-12,15H,10H2,1H3,(H,19,20)(H,21,22)/t12-,15+/m0/s1. The zero-order chi connectivity index (χ0) is 15.9. The average Bonchev–Trinajstić information content (AvgIpc) is 2.55. The number of pyridine rings is 1. The van der Waals surface area contributed by atoms with Crippen molar-refractivity contribution >= 4 is 11.9 Å². The lowest BCUT2D eigenvalue weighted by Crippen LogP contribution is -2.44. The van der Waals surface area contributed by atoms with Gasteiger partial charge in [-0.2, -0.15) is 0 Å². The highest BCUT2D eigenvalue weighted by Gasteiger charge is 2.24. The number of carbonyl (C=O) groups excluding carboxylic acids is 1. The molecule has 0 aliphatic heterocycles. The summed E-state index contributed by atoms with van der Waals surface area (Å²) in [6.45, 7) is 1.73. The molecule has 1 aromatic heterocycles. The van der Waals surface area contributed by atoms with Crippen molar-refractivity contribution in [1.82, 2.24) is 10.3 Å². The molecule has 1 amide bonds. The maximum Gasteiger partial charge on any atom is 0.326 e. The summed E-state index contributed by atoms with van der Waals surface area (Å²) in [6.07, 6.45) is 3.49. The molecule has 114 valence electrons. The summed E-state index contributed by atoms with van der Waals surface area (Å²) >= 11 is 0. The van der Waals surface area contributed by atoms with Crippen LogP contribution >= 0.6 is 0 Å². The fourth-order valence-electron chi connectivity index (χ4n) is 2.13. The molecule has 0 saturated heterocycles. The molecule has 0 spiro atoms. The molecule has 2 atom stereocenters. The van der Waals surface area contributed by atoms with Gasteiger partial charge >= 0.3 is 5.97 Å². The molecular formula is C17H18N2O3. The van der Waals surface area contributed by atoms with E-state index in [2.05, 4.69) is 10.3 Å². The molecular weight excluding hydrogens is 280 g/mol. The van der Waals surface area contributed by atoms with E-state index in [0.717, 1.165) is 11.1 Å². The van der Waals surface area contributed by atoms with Crippen LogP contribution in [0.3, 0.4) is 0 Å². The van der Waals surface area contributed by atoms with Gasteiger partial charge in [0, 0.05) is 18.8 Å². The molecule has 1 aromatic carbocycles. The quantitative estimate of drug-likeness (QED) is 0.855. The third-order valence-electron chi connectivity index (χ3n) is 3.47. The molecule has 5 nitrogen and oxygen atoms in total. The maximum absolute atomic E-state index is 12.2. The van der Waals surface area contributed by atoms with Crippen LogP contribution in [-0.4, -0.2) is 28.0 Å². The molecule has 0 unspecified atom stereocenters. The van der Waals surface area contributed by atoms with Crippen LogP contribution in [-0.2, 0) is 16.0 Å². The third kappa shape index (κ3) is 4.15. The van der Waals surface area contributed by atoms with Gasteiger partial charge in [-0.15, -0.1) is 0 Å². The van der Waals surface area contributed by atoms with Crippen LogP contribution in [0.1, 0.15) is 24.0 Å². The number of amides is 1. The average molecular weight is 298 g/mol. The topological polar surface area (TPSA) is 79.3 Å². The van der Waals surface area contributed by atoms with E-state index in [1.165, 1.54) is 0 Å². The first-order valence-corrected chi connectivity index (χ1v) is 7.05. The van der Waals surface area contributed by atoms with E-state index in [1.807, 2.05) is 30.3 Å². The van der Waals surface area contributed by atoms with Crippen LogP contribution in [0.4, 0.5) is 0 Å². The Morgan fingerprint density at radius 2 is 1.91 bits per heavy atom.